The Kier molecular flexibility index (Phi) is 4.11. The highest BCUT2D eigenvalue weighted by Gasteiger charge is 2.33. The summed E-state index contributed by atoms with van der Waals surface area (Å²) in [4.78, 5) is 16.2. The predicted octanol–water partition coefficient (Wildman–Crippen LogP) is 2.48. The van der Waals surface area contributed by atoms with Crippen molar-refractivity contribution in [2.24, 2.45) is 7.05 Å². The molecule has 0 aromatic carbocycles. The number of aromatic nitrogens is 5. The lowest BCUT2D eigenvalue weighted by Crippen LogP contribution is -2.48. The molecule has 7 heteroatoms. The van der Waals surface area contributed by atoms with Crippen LogP contribution in [0, 0.1) is 6.92 Å². The molecule has 1 saturated heterocycles. The Hall–Kier alpha value is -2.54. The van der Waals surface area contributed by atoms with Gasteiger partial charge in [-0.25, -0.2) is 9.97 Å². The van der Waals surface area contributed by atoms with E-state index in [4.69, 9.17) is 9.97 Å². The van der Waals surface area contributed by atoms with Crippen LogP contribution in [-0.4, -0.2) is 48.5 Å². The second-order valence-electron chi connectivity index (χ2n) is 7.10. The maximum Gasteiger partial charge on any atom is 0.182 e. The van der Waals surface area contributed by atoms with E-state index < -0.39 is 5.60 Å². The van der Waals surface area contributed by atoms with Crippen LogP contribution in [0.5, 0.6) is 0 Å². The highest BCUT2D eigenvalue weighted by Crippen LogP contribution is 2.33. The van der Waals surface area contributed by atoms with Gasteiger partial charge in [0.05, 0.1) is 16.7 Å². The van der Waals surface area contributed by atoms with E-state index >= 15 is 0 Å². The van der Waals surface area contributed by atoms with Crippen LogP contribution in [0.15, 0.2) is 24.4 Å². The van der Waals surface area contributed by atoms with Crippen molar-refractivity contribution < 1.29 is 5.11 Å². The second kappa shape index (κ2) is 6.32. The molecule has 7 nitrogen and oxygen atoms in total. The molecule has 0 bridgehead atoms. The third kappa shape index (κ3) is 2.82. The van der Waals surface area contributed by atoms with Crippen LogP contribution in [0.3, 0.4) is 0 Å². The SMILES string of the molecule is CC[C@@]1(O)CCCN(c2nc(-c3ccccn3)nc3c2c(C)nn3C)C1. The summed E-state index contributed by atoms with van der Waals surface area (Å²) in [5.74, 6) is 1.43. The summed E-state index contributed by atoms with van der Waals surface area (Å²) in [6.07, 6.45) is 4.24. The molecule has 1 fully saturated rings. The van der Waals surface area contributed by atoms with Gasteiger partial charge < -0.3 is 10.0 Å². The summed E-state index contributed by atoms with van der Waals surface area (Å²) in [6, 6.07) is 5.72. The number of anilines is 1. The molecule has 1 N–H and O–H groups in total. The van der Waals surface area contributed by atoms with Gasteiger partial charge in [0.15, 0.2) is 11.5 Å². The number of aliphatic hydroxyl groups is 1. The van der Waals surface area contributed by atoms with Gasteiger partial charge in [-0.15, -0.1) is 0 Å². The zero-order chi connectivity index (χ0) is 18.3. The Balaban J connectivity index is 1.90. The number of aryl methyl sites for hydroxylation is 2. The van der Waals surface area contributed by atoms with Crippen LogP contribution in [0.4, 0.5) is 5.82 Å². The van der Waals surface area contributed by atoms with Crippen LogP contribution < -0.4 is 4.90 Å². The summed E-state index contributed by atoms with van der Waals surface area (Å²) < 4.78 is 1.79. The van der Waals surface area contributed by atoms with Crippen molar-refractivity contribution in [1.29, 1.82) is 0 Å². The van der Waals surface area contributed by atoms with Gasteiger partial charge in [-0.2, -0.15) is 5.10 Å². The summed E-state index contributed by atoms with van der Waals surface area (Å²) in [7, 11) is 1.90. The lowest BCUT2D eigenvalue weighted by Gasteiger charge is -2.39. The standard InChI is InChI=1S/C19H24N6O/c1-4-19(26)9-7-11-25(12-19)18-15-13(2)23-24(3)17(15)21-16(22-18)14-8-5-6-10-20-14/h5-6,8,10,26H,4,7,9,11-12H2,1-3H3/t19-/m1/s1. The van der Waals surface area contributed by atoms with Gasteiger partial charge in [-0.1, -0.05) is 13.0 Å². The van der Waals surface area contributed by atoms with E-state index in [-0.39, 0.29) is 0 Å². The number of nitrogens with zero attached hydrogens (tertiary/aromatic N) is 6. The van der Waals surface area contributed by atoms with Gasteiger partial charge in [-0.05, 0) is 38.3 Å². The summed E-state index contributed by atoms with van der Waals surface area (Å²) in [5, 5.41) is 16.3. The van der Waals surface area contributed by atoms with Crippen molar-refractivity contribution in [3.8, 4) is 11.5 Å². The number of piperidine rings is 1. The van der Waals surface area contributed by atoms with Crippen LogP contribution in [0.2, 0.25) is 0 Å². The minimum Gasteiger partial charge on any atom is -0.388 e. The van der Waals surface area contributed by atoms with Crippen LogP contribution in [0.25, 0.3) is 22.6 Å². The maximum absolute atomic E-state index is 10.8. The van der Waals surface area contributed by atoms with Crippen molar-refractivity contribution in [3.05, 3.63) is 30.1 Å². The first kappa shape index (κ1) is 16.9. The van der Waals surface area contributed by atoms with Crippen molar-refractivity contribution in [2.75, 3.05) is 18.0 Å². The minimum atomic E-state index is -0.670. The molecule has 26 heavy (non-hydrogen) atoms. The van der Waals surface area contributed by atoms with E-state index in [0.717, 1.165) is 54.0 Å². The Labute approximate surface area is 152 Å². The lowest BCUT2D eigenvalue weighted by atomic mass is 9.90. The number of hydrogen-bond acceptors (Lipinski definition) is 6. The lowest BCUT2D eigenvalue weighted by molar-refractivity contribution is 0.0222. The average Bonchev–Trinajstić information content (AvgIpc) is 2.96. The molecule has 3 aromatic heterocycles. The highest BCUT2D eigenvalue weighted by atomic mass is 16.3. The Morgan fingerprint density at radius 1 is 1.27 bits per heavy atom. The molecule has 4 heterocycles. The predicted molar refractivity (Wildman–Crippen MR) is 101 cm³/mol. The first-order valence-electron chi connectivity index (χ1n) is 9.11. The van der Waals surface area contributed by atoms with E-state index in [2.05, 4.69) is 15.0 Å². The molecule has 136 valence electrons. The van der Waals surface area contributed by atoms with Crippen molar-refractivity contribution in [2.45, 2.75) is 38.7 Å². The Bertz CT molecular complexity index is 938. The van der Waals surface area contributed by atoms with Crippen molar-refractivity contribution >= 4 is 16.9 Å². The molecule has 0 aliphatic carbocycles. The topological polar surface area (TPSA) is 80.0 Å². The number of hydrogen-bond donors (Lipinski definition) is 1. The fourth-order valence-electron chi connectivity index (χ4n) is 3.74. The molecule has 3 aromatic rings. The fourth-order valence-corrected chi connectivity index (χ4v) is 3.74. The molecular weight excluding hydrogens is 328 g/mol. The van der Waals surface area contributed by atoms with Crippen LogP contribution in [0.1, 0.15) is 31.9 Å². The summed E-state index contributed by atoms with van der Waals surface area (Å²) in [6.45, 7) is 5.45. The van der Waals surface area contributed by atoms with E-state index in [9.17, 15) is 5.11 Å². The maximum atomic E-state index is 10.8. The van der Waals surface area contributed by atoms with E-state index in [0.29, 0.717) is 12.4 Å². The molecule has 0 unspecified atom stereocenters. The molecule has 1 atom stereocenters. The normalized spacial score (nSPS) is 20.7. The average molecular weight is 352 g/mol. The number of rotatable bonds is 3. The minimum absolute atomic E-state index is 0.575. The number of pyridine rings is 1. The zero-order valence-corrected chi connectivity index (χ0v) is 15.5. The zero-order valence-electron chi connectivity index (χ0n) is 15.5. The monoisotopic (exact) mass is 352 g/mol. The van der Waals surface area contributed by atoms with Gasteiger partial charge in [0.25, 0.3) is 0 Å². The molecule has 0 radical (unpaired) electrons. The molecule has 0 saturated carbocycles. The second-order valence-corrected chi connectivity index (χ2v) is 7.10. The van der Waals surface area contributed by atoms with Crippen LogP contribution in [-0.2, 0) is 7.05 Å². The highest BCUT2D eigenvalue weighted by molar-refractivity contribution is 5.91. The van der Waals surface area contributed by atoms with Gasteiger partial charge >= 0.3 is 0 Å². The number of fused-ring (bicyclic) bond motifs is 1. The summed E-state index contributed by atoms with van der Waals surface area (Å²) >= 11 is 0. The largest absolute Gasteiger partial charge is 0.388 e. The first-order valence-corrected chi connectivity index (χ1v) is 9.11. The van der Waals surface area contributed by atoms with Gasteiger partial charge in [-0.3, -0.25) is 9.67 Å². The Morgan fingerprint density at radius 3 is 2.85 bits per heavy atom. The van der Waals surface area contributed by atoms with Gasteiger partial charge in [0.2, 0.25) is 0 Å². The van der Waals surface area contributed by atoms with Gasteiger partial charge in [0, 0.05) is 26.3 Å². The molecule has 1 aliphatic rings. The first-order chi connectivity index (χ1) is 12.5. The van der Waals surface area contributed by atoms with E-state index in [1.165, 1.54) is 0 Å². The third-order valence-corrected chi connectivity index (χ3v) is 5.25. The molecule has 1 aliphatic heterocycles. The fraction of sp³-hybridized carbons (Fsp3) is 0.474. The summed E-state index contributed by atoms with van der Waals surface area (Å²) in [5.41, 5.74) is 1.75. The molecule has 0 spiro atoms. The smallest absolute Gasteiger partial charge is 0.182 e. The number of β-amino-alcohol motifs (C(OH)–C–C–N with tert-alkyl or cyclic N) is 1. The van der Waals surface area contributed by atoms with Crippen LogP contribution >= 0.6 is 0 Å². The molecule has 4 rings (SSSR count). The molecular formula is C19H24N6O. The van der Waals surface area contributed by atoms with E-state index in [1.807, 2.05) is 39.1 Å². The van der Waals surface area contributed by atoms with E-state index in [1.54, 1.807) is 10.9 Å². The third-order valence-electron chi connectivity index (χ3n) is 5.25. The van der Waals surface area contributed by atoms with Crippen molar-refractivity contribution in [1.82, 2.24) is 24.7 Å². The van der Waals surface area contributed by atoms with Crippen molar-refractivity contribution in [3.63, 3.8) is 0 Å². The Morgan fingerprint density at radius 2 is 2.12 bits per heavy atom. The molecule has 0 amide bonds. The quantitative estimate of drug-likeness (QED) is 0.780. The van der Waals surface area contributed by atoms with Gasteiger partial charge in [0.1, 0.15) is 11.5 Å².